The van der Waals surface area contributed by atoms with Crippen molar-refractivity contribution in [2.24, 2.45) is 0 Å². The standard InChI is InChI=1S/C10H18O4/c1-7(2)10(12)14-9(11)5-6-13-8(3)4/h8-9,11H,1,5-6H2,2-4H3. The molecule has 1 unspecified atom stereocenters. The van der Waals surface area contributed by atoms with Crippen molar-refractivity contribution >= 4 is 5.97 Å². The van der Waals surface area contributed by atoms with Gasteiger partial charge in [-0.15, -0.1) is 0 Å². The van der Waals surface area contributed by atoms with Crippen LogP contribution in [0, 0.1) is 0 Å². The van der Waals surface area contributed by atoms with Gasteiger partial charge in [-0.2, -0.15) is 0 Å². The monoisotopic (exact) mass is 202 g/mol. The van der Waals surface area contributed by atoms with Gasteiger partial charge in [-0.05, 0) is 20.8 Å². The van der Waals surface area contributed by atoms with Crippen LogP contribution in [0.1, 0.15) is 27.2 Å². The smallest absolute Gasteiger partial charge is 0.335 e. The Bertz CT molecular complexity index is 198. The SMILES string of the molecule is C=C(C)C(=O)OC(O)CCOC(C)C. The van der Waals surface area contributed by atoms with E-state index >= 15 is 0 Å². The quantitative estimate of drug-likeness (QED) is 0.400. The molecule has 4 heteroatoms. The van der Waals surface area contributed by atoms with E-state index < -0.39 is 12.3 Å². The normalized spacial score (nSPS) is 12.6. The lowest BCUT2D eigenvalue weighted by atomic mass is 10.3. The Morgan fingerprint density at radius 1 is 1.50 bits per heavy atom. The highest BCUT2D eigenvalue weighted by molar-refractivity contribution is 5.86. The molecule has 14 heavy (non-hydrogen) atoms. The highest BCUT2D eigenvalue weighted by Gasteiger charge is 2.11. The van der Waals surface area contributed by atoms with Crippen LogP contribution in [-0.4, -0.2) is 30.1 Å². The lowest BCUT2D eigenvalue weighted by Crippen LogP contribution is -2.20. The third-order valence-electron chi connectivity index (χ3n) is 1.41. The molecule has 0 rings (SSSR count). The van der Waals surface area contributed by atoms with E-state index in [2.05, 4.69) is 11.3 Å². The second kappa shape index (κ2) is 6.56. The van der Waals surface area contributed by atoms with Gasteiger partial charge in [0.1, 0.15) is 0 Å². The number of carbonyl (C=O) groups excluding carboxylic acids is 1. The molecule has 1 N–H and O–H groups in total. The van der Waals surface area contributed by atoms with Crippen LogP contribution in [0.5, 0.6) is 0 Å². The highest BCUT2D eigenvalue weighted by Crippen LogP contribution is 2.01. The first kappa shape index (κ1) is 13.1. The van der Waals surface area contributed by atoms with E-state index in [-0.39, 0.29) is 18.1 Å². The summed E-state index contributed by atoms with van der Waals surface area (Å²) in [6.45, 7) is 9.08. The number of ether oxygens (including phenoxy) is 2. The van der Waals surface area contributed by atoms with Crippen molar-refractivity contribution in [3.8, 4) is 0 Å². The van der Waals surface area contributed by atoms with Gasteiger partial charge in [0.2, 0.25) is 6.29 Å². The number of hydrogen-bond donors (Lipinski definition) is 1. The number of aliphatic hydroxyl groups excluding tert-OH is 1. The average Bonchev–Trinajstić information content (AvgIpc) is 2.02. The maximum absolute atomic E-state index is 10.9. The summed E-state index contributed by atoms with van der Waals surface area (Å²) >= 11 is 0. The van der Waals surface area contributed by atoms with Gasteiger partial charge in [0.25, 0.3) is 0 Å². The molecule has 0 aliphatic rings. The molecule has 0 amide bonds. The van der Waals surface area contributed by atoms with Gasteiger partial charge in [-0.1, -0.05) is 6.58 Å². The molecule has 0 saturated heterocycles. The van der Waals surface area contributed by atoms with E-state index in [4.69, 9.17) is 4.74 Å². The van der Waals surface area contributed by atoms with Gasteiger partial charge in [0.15, 0.2) is 0 Å². The Balaban J connectivity index is 3.60. The van der Waals surface area contributed by atoms with Crippen LogP contribution in [-0.2, 0) is 14.3 Å². The van der Waals surface area contributed by atoms with Crippen molar-refractivity contribution in [3.05, 3.63) is 12.2 Å². The fourth-order valence-corrected chi connectivity index (χ4v) is 0.688. The van der Waals surface area contributed by atoms with Crippen LogP contribution in [0.4, 0.5) is 0 Å². The van der Waals surface area contributed by atoms with Gasteiger partial charge < -0.3 is 14.6 Å². The molecule has 0 aromatic heterocycles. The van der Waals surface area contributed by atoms with Gasteiger partial charge in [-0.3, -0.25) is 0 Å². The minimum Gasteiger partial charge on any atom is -0.433 e. The van der Waals surface area contributed by atoms with Crippen molar-refractivity contribution in [2.75, 3.05) is 6.61 Å². The molecule has 0 heterocycles. The lowest BCUT2D eigenvalue weighted by Gasteiger charge is -2.13. The molecular formula is C10H18O4. The van der Waals surface area contributed by atoms with Crippen molar-refractivity contribution in [1.82, 2.24) is 0 Å². The highest BCUT2D eigenvalue weighted by atomic mass is 16.6. The Hall–Kier alpha value is -0.870. The number of aliphatic hydroxyl groups is 1. The Kier molecular flexibility index (Phi) is 6.16. The molecule has 0 aromatic rings. The topological polar surface area (TPSA) is 55.8 Å². The predicted molar refractivity (Wildman–Crippen MR) is 52.6 cm³/mol. The second-order valence-corrected chi connectivity index (χ2v) is 3.35. The molecule has 0 aromatic carbocycles. The Labute approximate surface area is 84.5 Å². The largest absolute Gasteiger partial charge is 0.433 e. The third kappa shape index (κ3) is 6.62. The fraction of sp³-hybridized carbons (Fsp3) is 0.700. The molecule has 0 bridgehead atoms. The summed E-state index contributed by atoms with van der Waals surface area (Å²) in [5.41, 5.74) is 0.272. The first-order valence-corrected chi connectivity index (χ1v) is 4.59. The van der Waals surface area contributed by atoms with Gasteiger partial charge >= 0.3 is 5.97 Å². The van der Waals surface area contributed by atoms with E-state index in [1.807, 2.05) is 13.8 Å². The average molecular weight is 202 g/mol. The van der Waals surface area contributed by atoms with E-state index in [9.17, 15) is 9.90 Å². The molecule has 4 nitrogen and oxygen atoms in total. The summed E-state index contributed by atoms with van der Waals surface area (Å²) < 4.78 is 9.81. The zero-order valence-electron chi connectivity index (χ0n) is 8.95. The summed E-state index contributed by atoms with van der Waals surface area (Å²) in [5.74, 6) is -0.581. The van der Waals surface area contributed by atoms with Gasteiger partial charge in [0, 0.05) is 12.0 Å². The molecule has 0 spiro atoms. The molecule has 1 atom stereocenters. The molecule has 0 aliphatic carbocycles. The zero-order chi connectivity index (χ0) is 11.1. The summed E-state index contributed by atoms with van der Waals surface area (Å²) in [4.78, 5) is 10.9. The summed E-state index contributed by atoms with van der Waals surface area (Å²) in [5, 5.41) is 9.22. The van der Waals surface area contributed by atoms with Gasteiger partial charge in [0.05, 0.1) is 12.7 Å². The van der Waals surface area contributed by atoms with Gasteiger partial charge in [-0.25, -0.2) is 4.79 Å². The molecule has 82 valence electrons. The van der Waals surface area contributed by atoms with E-state index in [0.29, 0.717) is 6.61 Å². The van der Waals surface area contributed by atoms with Crippen molar-refractivity contribution in [2.45, 2.75) is 39.6 Å². The van der Waals surface area contributed by atoms with Crippen LogP contribution < -0.4 is 0 Å². The van der Waals surface area contributed by atoms with Crippen molar-refractivity contribution < 1.29 is 19.4 Å². The molecule has 0 saturated carbocycles. The molecule has 0 aliphatic heterocycles. The molecule has 0 fully saturated rings. The van der Waals surface area contributed by atoms with E-state index in [1.165, 1.54) is 6.92 Å². The maximum Gasteiger partial charge on any atom is 0.335 e. The lowest BCUT2D eigenvalue weighted by molar-refractivity contribution is -0.165. The Morgan fingerprint density at radius 3 is 2.50 bits per heavy atom. The van der Waals surface area contributed by atoms with Crippen LogP contribution in [0.2, 0.25) is 0 Å². The first-order valence-electron chi connectivity index (χ1n) is 4.59. The summed E-state index contributed by atoms with van der Waals surface area (Å²) in [6, 6.07) is 0. The van der Waals surface area contributed by atoms with Crippen LogP contribution in [0.15, 0.2) is 12.2 Å². The molecule has 0 radical (unpaired) electrons. The third-order valence-corrected chi connectivity index (χ3v) is 1.41. The zero-order valence-corrected chi connectivity index (χ0v) is 8.95. The molecular weight excluding hydrogens is 184 g/mol. The summed E-state index contributed by atoms with van der Waals surface area (Å²) in [7, 11) is 0. The first-order chi connectivity index (χ1) is 6.43. The van der Waals surface area contributed by atoms with Crippen LogP contribution >= 0.6 is 0 Å². The number of rotatable bonds is 6. The second-order valence-electron chi connectivity index (χ2n) is 3.35. The number of hydrogen-bond acceptors (Lipinski definition) is 4. The van der Waals surface area contributed by atoms with Crippen molar-refractivity contribution in [3.63, 3.8) is 0 Å². The van der Waals surface area contributed by atoms with Crippen LogP contribution in [0.25, 0.3) is 0 Å². The minimum absolute atomic E-state index is 0.110. The van der Waals surface area contributed by atoms with E-state index in [0.717, 1.165) is 0 Å². The van der Waals surface area contributed by atoms with Crippen LogP contribution in [0.3, 0.4) is 0 Å². The van der Waals surface area contributed by atoms with E-state index in [1.54, 1.807) is 0 Å². The summed E-state index contributed by atoms with van der Waals surface area (Å²) in [6.07, 6.45) is -0.728. The van der Waals surface area contributed by atoms with Crippen molar-refractivity contribution in [1.29, 1.82) is 0 Å². The Morgan fingerprint density at radius 2 is 2.07 bits per heavy atom. The minimum atomic E-state index is -1.11. The fourth-order valence-electron chi connectivity index (χ4n) is 0.688. The number of esters is 1. The predicted octanol–water partition coefficient (Wildman–Crippen LogP) is 1.24. The maximum atomic E-state index is 10.9. The number of carbonyl (C=O) groups is 1.